The van der Waals surface area contributed by atoms with Gasteiger partial charge in [0.25, 0.3) is 11.7 Å². The van der Waals surface area contributed by atoms with Crippen LogP contribution in [-0.4, -0.2) is 34.9 Å². The van der Waals surface area contributed by atoms with Gasteiger partial charge in [0.2, 0.25) is 0 Å². The molecule has 7 nitrogen and oxygen atoms in total. The number of hydrogen-bond donors (Lipinski definition) is 2. The second kappa shape index (κ2) is 9.65. The van der Waals surface area contributed by atoms with Crippen molar-refractivity contribution in [2.75, 3.05) is 11.5 Å². The number of halogens is 3. The Hall–Kier alpha value is -4.47. The van der Waals surface area contributed by atoms with Gasteiger partial charge < -0.3 is 19.7 Å². The molecule has 1 unspecified atom stereocenters. The van der Waals surface area contributed by atoms with Crippen molar-refractivity contribution in [3.05, 3.63) is 89.5 Å². The van der Waals surface area contributed by atoms with E-state index in [0.717, 1.165) is 17.0 Å². The number of ketones is 1. The van der Waals surface area contributed by atoms with Crippen molar-refractivity contribution in [3.8, 4) is 17.2 Å². The maximum Gasteiger partial charge on any atom is 0.573 e. The molecule has 4 rings (SSSR count). The Bertz CT molecular complexity index is 1320. The van der Waals surface area contributed by atoms with Crippen LogP contribution in [0.3, 0.4) is 0 Å². The molecule has 0 spiro atoms. The summed E-state index contributed by atoms with van der Waals surface area (Å²) in [5.74, 6) is -2.68. The molecular formula is C26H20F3NO6. The summed E-state index contributed by atoms with van der Waals surface area (Å²) in [7, 11) is 0. The molecule has 1 fully saturated rings. The zero-order chi connectivity index (χ0) is 26.0. The zero-order valence-corrected chi connectivity index (χ0v) is 18.8. The maximum atomic E-state index is 13.1. The van der Waals surface area contributed by atoms with Crippen molar-refractivity contribution in [3.63, 3.8) is 0 Å². The third-order valence-electron chi connectivity index (χ3n) is 5.42. The Kier molecular flexibility index (Phi) is 6.61. The van der Waals surface area contributed by atoms with E-state index < -0.39 is 35.6 Å². The molecular weight excluding hydrogens is 479 g/mol. The Balaban J connectivity index is 1.86. The number of hydrogen-bond acceptors (Lipinski definition) is 6. The summed E-state index contributed by atoms with van der Waals surface area (Å²) in [5, 5.41) is 20.8. The molecule has 1 aliphatic heterocycles. The fourth-order valence-corrected chi connectivity index (χ4v) is 3.93. The van der Waals surface area contributed by atoms with E-state index in [4.69, 9.17) is 4.74 Å². The monoisotopic (exact) mass is 499 g/mol. The van der Waals surface area contributed by atoms with Crippen LogP contribution in [0.15, 0.2) is 78.4 Å². The normalized spacial score (nSPS) is 17.3. The number of anilines is 1. The number of rotatable bonds is 6. The molecule has 0 radical (unpaired) electrons. The van der Waals surface area contributed by atoms with Crippen LogP contribution in [0.4, 0.5) is 18.9 Å². The zero-order valence-electron chi connectivity index (χ0n) is 18.8. The number of aliphatic hydroxyl groups excluding tert-OH is 1. The average Bonchev–Trinajstić information content (AvgIpc) is 3.09. The van der Waals surface area contributed by atoms with Gasteiger partial charge in [-0.1, -0.05) is 18.2 Å². The molecule has 186 valence electrons. The molecule has 0 bridgehead atoms. The smallest absolute Gasteiger partial charge is 0.508 e. The first-order valence-electron chi connectivity index (χ1n) is 10.8. The first-order valence-corrected chi connectivity index (χ1v) is 10.8. The second-order valence-corrected chi connectivity index (χ2v) is 7.76. The van der Waals surface area contributed by atoms with E-state index in [9.17, 15) is 33.0 Å². The fourth-order valence-electron chi connectivity index (χ4n) is 3.93. The van der Waals surface area contributed by atoms with Crippen molar-refractivity contribution in [1.29, 1.82) is 0 Å². The number of aromatic hydroxyl groups is 1. The Morgan fingerprint density at radius 2 is 1.64 bits per heavy atom. The number of nitrogens with zero attached hydrogens (tertiary/aromatic N) is 1. The van der Waals surface area contributed by atoms with Gasteiger partial charge in [0.15, 0.2) is 0 Å². The van der Waals surface area contributed by atoms with Crippen LogP contribution in [0.2, 0.25) is 0 Å². The number of aliphatic hydroxyl groups is 1. The van der Waals surface area contributed by atoms with Gasteiger partial charge in [-0.2, -0.15) is 0 Å². The number of amides is 1. The molecule has 1 atom stereocenters. The van der Waals surface area contributed by atoms with Crippen LogP contribution in [0, 0.1) is 0 Å². The van der Waals surface area contributed by atoms with Crippen molar-refractivity contribution in [1.82, 2.24) is 0 Å². The number of alkyl halides is 3. The summed E-state index contributed by atoms with van der Waals surface area (Å²) in [6, 6.07) is 15.2. The van der Waals surface area contributed by atoms with Gasteiger partial charge in [0.05, 0.1) is 18.2 Å². The summed E-state index contributed by atoms with van der Waals surface area (Å²) in [6.45, 7) is 2.23. The average molecular weight is 499 g/mol. The summed E-state index contributed by atoms with van der Waals surface area (Å²) in [6.07, 6.45) is -4.96. The van der Waals surface area contributed by atoms with Gasteiger partial charge in [-0.25, -0.2) is 0 Å². The van der Waals surface area contributed by atoms with Crippen molar-refractivity contribution < 1.29 is 42.4 Å². The number of carbonyl (C=O) groups excluding carboxylic acids is 2. The van der Waals surface area contributed by atoms with E-state index in [0.29, 0.717) is 17.9 Å². The molecule has 1 saturated heterocycles. The highest BCUT2D eigenvalue weighted by Gasteiger charge is 2.47. The lowest BCUT2D eigenvalue weighted by Crippen LogP contribution is -2.29. The van der Waals surface area contributed by atoms with Crippen LogP contribution >= 0.6 is 0 Å². The van der Waals surface area contributed by atoms with Gasteiger partial charge in [-0.3, -0.25) is 14.5 Å². The van der Waals surface area contributed by atoms with Crippen LogP contribution in [0.1, 0.15) is 24.1 Å². The number of Topliss-reactive ketones (excluding diaryl/α,β-unsaturated/α-hetero) is 1. The number of phenols is 1. The number of carbonyl (C=O) groups is 2. The standard InChI is InChI=1S/C26H20F3NO6/c1-2-35-19-12-8-16(9-13-19)23(32)21-22(15-6-10-18(31)11-7-15)30(25(34)24(21)33)17-4-3-5-20(14-17)36-26(27,28)29/h3-14,22,31-32H,2H2,1H3/b23-21+. The molecule has 2 N–H and O–H groups in total. The molecule has 1 amide bonds. The van der Waals surface area contributed by atoms with E-state index in [2.05, 4.69) is 4.74 Å². The number of phenolic OH excluding ortho intramolecular Hbond substituents is 1. The minimum atomic E-state index is -4.96. The molecule has 36 heavy (non-hydrogen) atoms. The van der Waals surface area contributed by atoms with E-state index in [1.807, 2.05) is 6.92 Å². The van der Waals surface area contributed by atoms with Crippen molar-refractivity contribution in [2.45, 2.75) is 19.3 Å². The molecule has 3 aromatic rings. The first-order chi connectivity index (χ1) is 17.1. The molecule has 1 aliphatic rings. The second-order valence-electron chi connectivity index (χ2n) is 7.76. The summed E-state index contributed by atoms with van der Waals surface area (Å²) in [5.41, 5.74) is 0.246. The predicted molar refractivity (Wildman–Crippen MR) is 124 cm³/mol. The Morgan fingerprint density at radius 1 is 0.972 bits per heavy atom. The van der Waals surface area contributed by atoms with Crippen LogP contribution in [0.25, 0.3) is 5.76 Å². The minimum Gasteiger partial charge on any atom is -0.508 e. The minimum absolute atomic E-state index is 0.0531. The molecule has 10 heteroatoms. The molecule has 0 aliphatic carbocycles. The molecule has 0 aromatic heterocycles. The topological polar surface area (TPSA) is 96.3 Å². The van der Waals surface area contributed by atoms with Crippen molar-refractivity contribution in [2.24, 2.45) is 0 Å². The Labute approximate surface area is 203 Å². The number of ether oxygens (including phenoxy) is 2. The lowest BCUT2D eigenvalue weighted by atomic mass is 9.95. The van der Waals surface area contributed by atoms with E-state index >= 15 is 0 Å². The fraction of sp³-hybridized carbons (Fsp3) is 0.154. The summed E-state index contributed by atoms with van der Waals surface area (Å²) >= 11 is 0. The molecule has 0 saturated carbocycles. The van der Waals surface area contributed by atoms with E-state index in [1.54, 1.807) is 12.1 Å². The van der Waals surface area contributed by atoms with Gasteiger partial charge in [0.1, 0.15) is 23.0 Å². The number of benzene rings is 3. The summed E-state index contributed by atoms with van der Waals surface area (Å²) in [4.78, 5) is 27.3. The van der Waals surface area contributed by atoms with Gasteiger partial charge in [-0.15, -0.1) is 13.2 Å². The molecule has 3 aromatic carbocycles. The third kappa shape index (κ3) is 4.97. The lowest BCUT2D eigenvalue weighted by Gasteiger charge is -2.26. The third-order valence-corrected chi connectivity index (χ3v) is 5.42. The Morgan fingerprint density at radius 3 is 2.25 bits per heavy atom. The van der Waals surface area contributed by atoms with E-state index in [1.165, 1.54) is 48.5 Å². The highest BCUT2D eigenvalue weighted by molar-refractivity contribution is 6.51. The van der Waals surface area contributed by atoms with Crippen LogP contribution in [-0.2, 0) is 9.59 Å². The first kappa shape index (κ1) is 24.6. The predicted octanol–water partition coefficient (Wildman–Crippen LogP) is 5.32. The highest BCUT2D eigenvalue weighted by Crippen LogP contribution is 2.43. The van der Waals surface area contributed by atoms with Crippen molar-refractivity contribution >= 4 is 23.1 Å². The molecule has 1 heterocycles. The quantitative estimate of drug-likeness (QED) is 0.271. The van der Waals surface area contributed by atoms with E-state index in [-0.39, 0.29) is 22.6 Å². The van der Waals surface area contributed by atoms with Crippen LogP contribution < -0.4 is 14.4 Å². The largest absolute Gasteiger partial charge is 0.573 e. The van der Waals surface area contributed by atoms with Gasteiger partial charge >= 0.3 is 6.36 Å². The van der Waals surface area contributed by atoms with Gasteiger partial charge in [0, 0.05) is 17.3 Å². The van der Waals surface area contributed by atoms with Crippen LogP contribution in [0.5, 0.6) is 17.2 Å². The van der Waals surface area contributed by atoms with Gasteiger partial charge in [-0.05, 0) is 61.0 Å². The highest BCUT2D eigenvalue weighted by atomic mass is 19.4. The maximum absolute atomic E-state index is 13.1. The SMILES string of the molecule is CCOc1ccc(/C(O)=C2\C(=O)C(=O)N(c3cccc(OC(F)(F)F)c3)C2c2ccc(O)cc2)cc1. The summed E-state index contributed by atoms with van der Waals surface area (Å²) < 4.78 is 47.7. The lowest BCUT2D eigenvalue weighted by molar-refractivity contribution is -0.274.